The van der Waals surface area contributed by atoms with E-state index < -0.39 is 0 Å². The van der Waals surface area contributed by atoms with Gasteiger partial charge in [-0.3, -0.25) is 0 Å². The van der Waals surface area contributed by atoms with Crippen LogP contribution in [0.25, 0.3) is 0 Å². The van der Waals surface area contributed by atoms with E-state index in [4.69, 9.17) is 4.74 Å². The Morgan fingerprint density at radius 2 is 2.38 bits per heavy atom. The van der Waals surface area contributed by atoms with E-state index in [1.165, 1.54) is 11.3 Å². The van der Waals surface area contributed by atoms with Crippen molar-refractivity contribution in [3.05, 3.63) is 5.51 Å². The molecule has 0 bridgehead atoms. The summed E-state index contributed by atoms with van der Waals surface area (Å²) in [5, 5.41) is 11.8. The van der Waals surface area contributed by atoms with Crippen molar-refractivity contribution in [2.45, 2.75) is 19.9 Å². The minimum atomic E-state index is 0.304. The Balaban J connectivity index is 2.47. The van der Waals surface area contributed by atoms with Crippen LogP contribution < -0.4 is 5.32 Å². The number of ether oxygens (including phenoxy) is 1. The molecule has 1 unspecified atom stereocenters. The number of methoxy groups -OCH3 is 1. The maximum Gasteiger partial charge on any atom is 0.205 e. The van der Waals surface area contributed by atoms with Gasteiger partial charge in [-0.1, -0.05) is 25.2 Å². The molecule has 1 N–H and O–H groups in total. The quantitative estimate of drug-likeness (QED) is 0.786. The van der Waals surface area contributed by atoms with Crippen molar-refractivity contribution in [2.75, 3.05) is 19.0 Å². The summed E-state index contributed by atoms with van der Waals surface area (Å²) in [7, 11) is 1.71. The molecule has 13 heavy (non-hydrogen) atoms. The van der Waals surface area contributed by atoms with Crippen LogP contribution in [0.3, 0.4) is 0 Å². The highest BCUT2D eigenvalue weighted by Crippen LogP contribution is 2.13. The number of hydrogen-bond donors (Lipinski definition) is 1. The van der Waals surface area contributed by atoms with Crippen molar-refractivity contribution in [3.8, 4) is 0 Å². The molecule has 0 aliphatic carbocycles. The lowest BCUT2D eigenvalue weighted by atomic mass is 10.1. The molecule has 0 saturated carbocycles. The van der Waals surface area contributed by atoms with E-state index in [1.54, 1.807) is 12.6 Å². The molecular weight excluding hydrogens is 186 g/mol. The number of aromatic nitrogens is 2. The highest BCUT2D eigenvalue weighted by Gasteiger charge is 2.13. The van der Waals surface area contributed by atoms with Gasteiger partial charge in [0.05, 0.1) is 12.6 Å². The SMILES string of the molecule is COCC(Nc1nncs1)C(C)C. The summed E-state index contributed by atoms with van der Waals surface area (Å²) >= 11 is 1.51. The zero-order valence-electron chi connectivity index (χ0n) is 8.15. The van der Waals surface area contributed by atoms with E-state index in [2.05, 4.69) is 29.4 Å². The van der Waals surface area contributed by atoms with Crippen LogP contribution in [-0.4, -0.2) is 30.0 Å². The molecule has 0 saturated heterocycles. The first-order valence-electron chi connectivity index (χ1n) is 4.25. The standard InChI is InChI=1S/C8H15N3OS/c1-6(2)7(4-12-3)10-8-11-9-5-13-8/h5-7H,4H2,1-3H3,(H,10,11). The third-order valence-corrected chi connectivity index (χ3v) is 2.44. The Bertz CT molecular complexity index is 225. The van der Waals surface area contributed by atoms with Gasteiger partial charge in [-0.05, 0) is 5.92 Å². The number of nitrogens with zero attached hydrogens (tertiary/aromatic N) is 2. The third kappa shape index (κ3) is 3.28. The lowest BCUT2D eigenvalue weighted by Gasteiger charge is -2.20. The van der Waals surface area contributed by atoms with Gasteiger partial charge in [0.15, 0.2) is 0 Å². The van der Waals surface area contributed by atoms with Gasteiger partial charge in [0, 0.05) is 7.11 Å². The molecular formula is C8H15N3OS. The molecule has 4 nitrogen and oxygen atoms in total. The maximum absolute atomic E-state index is 5.11. The van der Waals surface area contributed by atoms with Crippen LogP contribution in [0.5, 0.6) is 0 Å². The summed E-state index contributed by atoms with van der Waals surface area (Å²) in [6.45, 7) is 4.99. The normalized spacial score (nSPS) is 13.2. The van der Waals surface area contributed by atoms with Crippen LogP contribution in [0.15, 0.2) is 5.51 Å². The molecule has 74 valence electrons. The van der Waals surface area contributed by atoms with Crippen molar-refractivity contribution < 1.29 is 4.74 Å². The number of hydrogen-bond acceptors (Lipinski definition) is 5. The van der Waals surface area contributed by atoms with Gasteiger partial charge in [-0.15, -0.1) is 10.2 Å². The highest BCUT2D eigenvalue weighted by atomic mass is 32.1. The van der Waals surface area contributed by atoms with Crippen molar-refractivity contribution in [3.63, 3.8) is 0 Å². The molecule has 1 aromatic rings. The predicted octanol–water partition coefficient (Wildman–Crippen LogP) is 1.62. The summed E-state index contributed by atoms with van der Waals surface area (Å²) in [5.41, 5.74) is 1.71. The van der Waals surface area contributed by atoms with Crippen LogP contribution in [0.1, 0.15) is 13.8 Å². The monoisotopic (exact) mass is 201 g/mol. The van der Waals surface area contributed by atoms with Crippen molar-refractivity contribution in [2.24, 2.45) is 5.92 Å². The Kier molecular flexibility index (Phi) is 4.11. The first kappa shape index (κ1) is 10.4. The van der Waals surface area contributed by atoms with Gasteiger partial charge < -0.3 is 10.1 Å². The largest absolute Gasteiger partial charge is 0.383 e. The fraction of sp³-hybridized carbons (Fsp3) is 0.750. The zero-order chi connectivity index (χ0) is 9.68. The molecule has 0 spiro atoms. The van der Waals surface area contributed by atoms with Gasteiger partial charge >= 0.3 is 0 Å². The molecule has 1 rings (SSSR count). The van der Waals surface area contributed by atoms with Gasteiger partial charge in [-0.25, -0.2) is 0 Å². The van der Waals surface area contributed by atoms with E-state index in [9.17, 15) is 0 Å². The molecule has 1 aromatic heterocycles. The summed E-state index contributed by atoms with van der Waals surface area (Å²) in [6, 6.07) is 0.304. The fourth-order valence-electron chi connectivity index (χ4n) is 0.975. The number of anilines is 1. The third-order valence-electron chi connectivity index (χ3n) is 1.82. The van der Waals surface area contributed by atoms with Crippen LogP contribution in [0.4, 0.5) is 5.13 Å². The van der Waals surface area contributed by atoms with Gasteiger partial charge in [0.25, 0.3) is 0 Å². The molecule has 1 heterocycles. The Morgan fingerprint density at radius 3 is 2.85 bits per heavy atom. The lowest BCUT2D eigenvalue weighted by molar-refractivity contribution is 0.171. The molecule has 5 heteroatoms. The Labute approximate surface area is 82.3 Å². The smallest absolute Gasteiger partial charge is 0.205 e. The Morgan fingerprint density at radius 1 is 1.62 bits per heavy atom. The summed E-state index contributed by atoms with van der Waals surface area (Å²) in [5.74, 6) is 0.517. The van der Waals surface area contributed by atoms with Gasteiger partial charge in [-0.2, -0.15) is 0 Å². The van der Waals surface area contributed by atoms with E-state index in [1.807, 2.05) is 0 Å². The summed E-state index contributed by atoms with van der Waals surface area (Å²) < 4.78 is 5.11. The van der Waals surface area contributed by atoms with Crippen molar-refractivity contribution >= 4 is 16.5 Å². The second-order valence-electron chi connectivity index (χ2n) is 3.19. The van der Waals surface area contributed by atoms with Crippen LogP contribution in [0, 0.1) is 5.92 Å². The minimum Gasteiger partial charge on any atom is -0.383 e. The predicted molar refractivity (Wildman–Crippen MR) is 54.0 cm³/mol. The van der Waals surface area contributed by atoms with Crippen LogP contribution in [-0.2, 0) is 4.74 Å². The van der Waals surface area contributed by atoms with Crippen LogP contribution in [0.2, 0.25) is 0 Å². The van der Waals surface area contributed by atoms with E-state index >= 15 is 0 Å². The maximum atomic E-state index is 5.11. The molecule has 0 fully saturated rings. The average molecular weight is 201 g/mol. The van der Waals surface area contributed by atoms with Crippen molar-refractivity contribution in [1.82, 2.24) is 10.2 Å². The molecule has 0 radical (unpaired) electrons. The summed E-state index contributed by atoms with van der Waals surface area (Å²) in [4.78, 5) is 0. The number of rotatable bonds is 5. The molecule has 0 aromatic carbocycles. The summed E-state index contributed by atoms with van der Waals surface area (Å²) in [6.07, 6.45) is 0. The second-order valence-corrected chi connectivity index (χ2v) is 4.03. The zero-order valence-corrected chi connectivity index (χ0v) is 8.97. The highest BCUT2D eigenvalue weighted by molar-refractivity contribution is 7.13. The average Bonchev–Trinajstić information content (AvgIpc) is 2.56. The van der Waals surface area contributed by atoms with Crippen LogP contribution >= 0.6 is 11.3 Å². The first-order chi connectivity index (χ1) is 6.24. The first-order valence-corrected chi connectivity index (χ1v) is 5.13. The van der Waals surface area contributed by atoms with E-state index in [0.717, 1.165) is 5.13 Å². The minimum absolute atomic E-state index is 0.304. The molecule has 0 aliphatic rings. The van der Waals surface area contributed by atoms with Crippen molar-refractivity contribution in [1.29, 1.82) is 0 Å². The van der Waals surface area contributed by atoms with Gasteiger partial charge in [0.1, 0.15) is 5.51 Å². The topological polar surface area (TPSA) is 47.0 Å². The Hall–Kier alpha value is -0.680. The van der Waals surface area contributed by atoms with E-state index in [0.29, 0.717) is 18.6 Å². The van der Waals surface area contributed by atoms with E-state index in [-0.39, 0.29) is 0 Å². The fourth-order valence-corrected chi connectivity index (χ4v) is 1.48. The lowest BCUT2D eigenvalue weighted by Crippen LogP contribution is -2.30. The molecule has 0 aliphatic heterocycles. The number of nitrogens with one attached hydrogen (secondary N) is 1. The molecule has 0 amide bonds. The van der Waals surface area contributed by atoms with Gasteiger partial charge in [0.2, 0.25) is 5.13 Å². The second kappa shape index (κ2) is 5.14. The molecule has 1 atom stereocenters.